The minimum atomic E-state index is -0.748. The van der Waals surface area contributed by atoms with E-state index in [-0.39, 0.29) is 17.7 Å². The first-order chi connectivity index (χ1) is 11.9. The van der Waals surface area contributed by atoms with E-state index in [2.05, 4.69) is 0 Å². The maximum absolute atomic E-state index is 12.3. The van der Waals surface area contributed by atoms with E-state index in [9.17, 15) is 25.0 Å². The van der Waals surface area contributed by atoms with Crippen molar-refractivity contribution in [3.8, 4) is 0 Å². The number of carbonyl (C=O) groups excluding carboxylic acids is 1. The summed E-state index contributed by atoms with van der Waals surface area (Å²) in [5, 5.41) is 22.1. The summed E-state index contributed by atoms with van der Waals surface area (Å²) in [6.07, 6.45) is 1.47. The number of ether oxygens (including phenoxy) is 1. The Labute approximate surface area is 142 Å². The van der Waals surface area contributed by atoms with Crippen molar-refractivity contribution in [1.29, 1.82) is 0 Å². The van der Waals surface area contributed by atoms with Gasteiger partial charge in [0.25, 0.3) is 11.4 Å². The van der Waals surface area contributed by atoms with Crippen molar-refractivity contribution in [2.45, 2.75) is 6.92 Å². The van der Waals surface area contributed by atoms with Gasteiger partial charge in [0.15, 0.2) is 0 Å². The third kappa shape index (κ3) is 4.47. The SMILES string of the molecule is CCOC(=O)C(=Cc1ccccc1)c1cc([N+](=O)[O-])cc([N+](=O)[O-])c1. The topological polar surface area (TPSA) is 113 Å². The third-order valence-corrected chi connectivity index (χ3v) is 3.24. The number of non-ortho nitro benzene ring substituents is 2. The van der Waals surface area contributed by atoms with Gasteiger partial charge in [0.1, 0.15) is 0 Å². The molecule has 0 atom stereocenters. The number of carbonyl (C=O) groups is 1. The molecule has 0 saturated heterocycles. The zero-order valence-corrected chi connectivity index (χ0v) is 13.2. The molecule has 0 aliphatic carbocycles. The highest BCUT2D eigenvalue weighted by Crippen LogP contribution is 2.29. The fourth-order valence-electron chi connectivity index (χ4n) is 2.15. The number of nitro benzene ring substituents is 2. The van der Waals surface area contributed by atoms with Gasteiger partial charge in [-0.1, -0.05) is 30.3 Å². The minimum Gasteiger partial charge on any atom is -0.462 e. The maximum atomic E-state index is 12.3. The molecule has 0 aliphatic rings. The second-order valence-corrected chi connectivity index (χ2v) is 4.94. The molecule has 25 heavy (non-hydrogen) atoms. The average Bonchev–Trinajstić information content (AvgIpc) is 2.60. The predicted octanol–water partition coefficient (Wildman–Crippen LogP) is 3.61. The van der Waals surface area contributed by atoms with Gasteiger partial charge in [-0.2, -0.15) is 0 Å². The van der Waals surface area contributed by atoms with Crippen molar-refractivity contribution in [3.05, 3.63) is 79.9 Å². The molecule has 0 heterocycles. The second-order valence-electron chi connectivity index (χ2n) is 4.94. The van der Waals surface area contributed by atoms with Crippen LogP contribution in [0.25, 0.3) is 11.6 Å². The summed E-state index contributed by atoms with van der Waals surface area (Å²) in [6.45, 7) is 1.72. The van der Waals surface area contributed by atoms with Crippen LogP contribution in [-0.4, -0.2) is 22.4 Å². The summed E-state index contributed by atoms with van der Waals surface area (Å²) < 4.78 is 4.98. The molecule has 0 bridgehead atoms. The summed E-state index contributed by atoms with van der Waals surface area (Å²) in [5.74, 6) is -0.721. The lowest BCUT2D eigenvalue weighted by molar-refractivity contribution is -0.394. The number of esters is 1. The fraction of sp³-hybridized carbons (Fsp3) is 0.118. The lowest BCUT2D eigenvalue weighted by Gasteiger charge is -2.08. The van der Waals surface area contributed by atoms with E-state index >= 15 is 0 Å². The highest BCUT2D eigenvalue weighted by atomic mass is 16.6. The first kappa shape index (κ1) is 17.8. The lowest BCUT2D eigenvalue weighted by Crippen LogP contribution is -2.07. The van der Waals surface area contributed by atoms with Crippen molar-refractivity contribution in [1.82, 2.24) is 0 Å². The smallest absolute Gasteiger partial charge is 0.338 e. The Bertz CT molecular complexity index is 813. The molecule has 2 aromatic carbocycles. The van der Waals surface area contributed by atoms with Crippen LogP contribution < -0.4 is 0 Å². The van der Waals surface area contributed by atoms with Crippen LogP contribution in [0, 0.1) is 20.2 Å². The number of nitro groups is 2. The molecule has 0 aliphatic heterocycles. The Morgan fingerprint density at radius 1 is 1.04 bits per heavy atom. The summed E-state index contributed by atoms with van der Waals surface area (Å²) in [5.41, 5.74) is -0.261. The van der Waals surface area contributed by atoms with Gasteiger partial charge < -0.3 is 4.74 Å². The lowest BCUT2D eigenvalue weighted by atomic mass is 10.0. The Hall–Kier alpha value is -3.55. The molecule has 0 saturated carbocycles. The Kier molecular flexibility index (Phi) is 5.57. The van der Waals surface area contributed by atoms with E-state index in [0.717, 1.165) is 18.2 Å². The third-order valence-electron chi connectivity index (χ3n) is 3.24. The monoisotopic (exact) mass is 342 g/mol. The molecule has 2 aromatic rings. The molecular weight excluding hydrogens is 328 g/mol. The quantitative estimate of drug-likeness (QED) is 0.260. The number of rotatable bonds is 6. The first-order valence-corrected chi connectivity index (χ1v) is 7.30. The molecule has 8 nitrogen and oxygen atoms in total. The highest BCUT2D eigenvalue weighted by molar-refractivity contribution is 6.21. The van der Waals surface area contributed by atoms with E-state index in [0.29, 0.717) is 5.56 Å². The van der Waals surface area contributed by atoms with Crippen LogP contribution in [0.5, 0.6) is 0 Å². The molecule has 128 valence electrons. The summed E-state index contributed by atoms with van der Waals surface area (Å²) in [4.78, 5) is 32.9. The van der Waals surface area contributed by atoms with E-state index in [1.54, 1.807) is 37.3 Å². The standard InChI is InChI=1S/C17H14N2O6/c1-2-25-17(20)16(8-12-6-4-3-5-7-12)13-9-14(18(21)22)11-15(10-13)19(23)24/h3-11H,2H2,1H3. The van der Waals surface area contributed by atoms with Gasteiger partial charge in [-0.25, -0.2) is 4.79 Å². The first-order valence-electron chi connectivity index (χ1n) is 7.30. The maximum Gasteiger partial charge on any atom is 0.338 e. The summed E-state index contributed by atoms with van der Waals surface area (Å²) >= 11 is 0. The Morgan fingerprint density at radius 2 is 1.60 bits per heavy atom. The molecule has 0 N–H and O–H groups in total. The summed E-state index contributed by atoms with van der Waals surface area (Å²) in [7, 11) is 0. The van der Waals surface area contributed by atoms with Crippen molar-refractivity contribution < 1.29 is 19.4 Å². The minimum absolute atomic E-state index is 0.000139. The molecule has 8 heteroatoms. The number of nitrogens with zero attached hydrogens (tertiary/aromatic N) is 2. The summed E-state index contributed by atoms with van der Waals surface area (Å²) in [6, 6.07) is 11.8. The molecule has 0 spiro atoms. The zero-order chi connectivity index (χ0) is 18.4. The average molecular weight is 342 g/mol. The number of hydrogen-bond donors (Lipinski definition) is 0. The molecule has 0 radical (unpaired) electrons. The van der Waals surface area contributed by atoms with Crippen molar-refractivity contribution in [2.75, 3.05) is 6.61 Å². The van der Waals surface area contributed by atoms with Gasteiger partial charge in [0.2, 0.25) is 0 Å². The molecule has 0 fully saturated rings. The van der Waals surface area contributed by atoms with Crippen LogP contribution in [-0.2, 0) is 9.53 Å². The van der Waals surface area contributed by atoms with Gasteiger partial charge in [0, 0.05) is 17.7 Å². The van der Waals surface area contributed by atoms with Gasteiger partial charge in [-0.05, 0) is 18.6 Å². The van der Waals surface area contributed by atoms with Crippen molar-refractivity contribution >= 4 is 29.0 Å². The van der Waals surface area contributed by atoms with Crippen LogP contribution in [0.3, 0.4) is 0 Å². The second kappa shape index (κ2) is 7.82. The van der Waals surface area contributed by atoms with Crippen molar-refractivity contribution in [3.63, 3.8) is 0 Å². The molecule has 2 rings (SSSR count). The van der Waals surface area contributed by atoms with E-state index in [4.69, 9.17) is 4.74 Å². The normalized spacial score (nSPS) is 11.0. The van der Waals surface area contributed by atoms with Gasteiger partial charge in [0.05, 0.1) is 28.1 Å². The Balaban J connectivity index is 2.65. The fourth-order valence-corrected chi connectivity index (χ4v) is 2.15. The van der Waals surface area contributed by atoms with E-state index < -0.39 is 27.2 Å². The van der Waals surface area contributed by atoms with Crippen LogP contribution in [0.15, 0.2) is 48.5 Å². The van der Waals surface area contributed by atoms with Crippen molar-refractivity contribution in [2.24, 2.45) is 0 Å². The van der Waals surface area contributed by atoms with Crippen LogP contribution in [0.2, 0.25) is 0 Å². The van der Waals surface area contributed by atoms with Gasteiger partial charge >= 0.3 is 5.97 Å². The van der Waals surface area contributed by atoms with Crippen LogP contribution in [0.4, 0.5) is 11.4 Å². The molecule has 0 amide bonds. The Morgan fingerprint density at radius 3 is 2.08 bits per heavy atom. The number of hydrogen-bond acceptors (Lipinski definition) is 6. The van der Waals surface area contributed by atoms with Gasteiger partial charge in [-0.15, -0.1) is 0 Å². The van der Waals surface area contributed by atoms with E-state index in [1.807, 2.05) is 0 Å². The zero-order valence-electron chi connectivity index (χ0n) is 13.2. The molecule has 0 unspecified atom stereocenters. The highest BCUT2D eigenvalue weighted by Gasteiger charge is 2.22. The number of benzene rings is 2. The molecular formula is C17H14N2O6. The largest absolute Gasteiger partial charge is 0.462 e. The van der Waals surface area contributed by atoms with Crippen LogP contribution in [0.1, 0.15) is 18.1 Å². The van der Waals surface area contributed by atoms with Gasteiger partial charge in [-0.3, -0.25) is 20.2 Å². The van der Waals surface area contributed by atoms with E-state index in [1.165, 1.54) is 6.08 Å². The predicted molar refractivity (Wildman–Crippen MR) is 90.7 cm³/mol. The molecule has 0 aromatic heterocycles. The van der Waals surface area contributed by atoms with Crippen LogP contribution >= 0.6 is 0 Å².